The first kappa shape index (κ1) is 23.9. The van der Waals surface area contributed by atoms with Crippen molar-refractivity contribution < 1.29 is 24.3 Å². The summed E-state index contributed by atoms with van der Waals surface area (Å²) in [5.74, 6) is -0.948. The Kier molecular flexibility index (Phi) is 6.52. The molecule has 1 aromatic heterocycles. The number of benzene rings is 2. The molecular weight excluding hydrogens is 474 g/mol. The van der Waals surface area contributed by atoms with Gasteiger partial charge in [-0.3, -0.25) is 19.5 Å². The Labute approximate surface area is 202 Å². The maximum Gasteiger partial charge on any atom is 0.338 e. The summed E-state index contributed by atoms with van der Waals surface area (Å²) in [4.78, 5) is 41.7. The van der Waals surface area contributed by atoms with Gasteiger partial charge < -0.3 is 14.6 Å². The number of ether oxygens (including phenoxy) is 2. The van der Waals surface area contributed by atoms with Crippen molar-refractivity contribution in [2.24, 2.45) is 4.99 Å². The summed E-state index contributed by atoms with van der Waals surface area (Å²) in [5, 5.41) is 23.7. The number of nitrogens with zero attached hydrogens (tertiary/aromatic N) is 3. The summed E-state index contributed by atoms with van der Waals surface area (Å²) >= 11 is 1.01. The number of hydrogen-bond donors (Lipinski definition) is 0. The van der Waals surface area contributed by atoms with E-state index in [1.807, 2.05) is 0 Å². The summed E-state index contributed by atoms with van der Waals surface area (Å²) in [6.45, 7) is 3.47. The van der Waals surface area contributed by atoms with Crippen LogP contribution in [0.25, 0.3) is 6.08 Å². The molecule has 35 heavy (non-hydrogen) atoms. The van der Waals surface area contributed by atoms with Gasteiger partial charge in [-0.25, -0.2) is 9.79 Å². The van der Waals surface area contributed by atoms with Crippen LogP contribution in [0.1, 0.15) is 31.0 Å². The van der Waals surface area contributed by atoms with E-state index in [1.54, 1.807) is 38.1 Å². The quantitative estimate of drug-likeness (QED) is 0.289. The summed E-state index contributed by atoms with van der Waals surface area (Å²) in [6, 6.07) is 10.00. The van der Waals surface area contributed by atoms with E-state index in [1.165, 1.54) is 29.9 Å². The maximum atomic E-state index is 13.6. The van der Waals surface area contributed by atoms with Crippen molar-refractivity contribution in [2.75, 3.05) is 13.7 Å². The molecule has 0 N–H and O–H groups in total. The lowest BCUT2D eigenvalue weighted by Crippen LogP contribution is -2.40. The van der Waals surface area contributed by atoms with Crippen molar-refractivity contribution in [3.8, 4) is 11.5 Å². The molecule has 1 atom stereocenters. The SMILES string of the molecule is CCOC(=O)C1=C(C)N=c2s/c(=C/c3cccc([N+](=O)[O-])c3[O-])c(=O)n2[C@@H]1c1ccccc1OC. The van der Waals surface area contributed by atoms with Gasteiger partial charge in [0.25, 0.3) is 11.2 Å². The Hall–Kier alpha value is -4.25. The molecule has 0 amide bonds. The van der Waals surface area contributed by atoms with Gasteiger partial charge in [-0.1, -0.05) is 41.7 Å². The summed E-state index contributed by atoms with van der Waals surface area (Å²) in [5.41, 5.74) is 0.0328. The van der Waals surface area contributed by atoms with Gasteiger partial charge in [0.15, 0.2) is 4.80 Å². The molecule has 0 radical (unpaired) electrons. The van der Waals surface area contributed by atoms with Crippen molar-refractivity contribution in [1.29, 1.82) is 0 Å². The molecule has 0 aliphatic carbocycles. The second kappa shape index (κ2) is 9.55. The lowest BCUT2D eigenvalue weighted by molar-refractivity contribution is -0.398. The average Bonchev–Trinajstić information content (AvgIpc) is 3.13. The lowest BCUT2D eigenvalue weighted by atomic mass is 9.95. The van der Waals surface area contributed by atoms with Crippen LogP contribution in [0.15, 0.2) is 63.5 Å². The zero-order chi connectivity index (χ0) is 25.3. The van der Waals surface area contributed by atoms with E-state index < -0.39 is 33.9 Å². The fourth-order valence-electron chi connectivity index (χ4n) is 3.92. The molecule has 0 unspecified atom stereocenters. The van der Waals surface area contributed by atoms with Crippen LogP contribution in [0.2, 0.25) is 0 Å². The van der Waals surface area contributed by atoms with Crippen molar-refractivity contribution in [3.05, 3.63) is 94.7 Å². The average molecular weight is 495 g/mol. The minimum atomic E-state index is -0.888. The van der Waals surface area contributed by atoms with Crippen molar-refractivity contribution in [1.82, 2.24) is 4.57 Å². The van der Waals surface area contributed by atoms with Gasteiger partial charge in [-0.05, 0) is 37.3 Å². The van der Waals surface area contributed by atoms with Crippen LogP contribution in [-0.2, 0) is 9.53 Å². The fraction of sp³-hybridized carbons (Fsp3) is 0.208. The highest BCUT2D eigenvalue weighted by atomic mass is 32.1. The normalized spacial score (nSPS) is 15.4. The number of carbonyl (C=O) groups is 1. The molecule has 3 aromatic rings. The van der Waals surface area contributed by atoms with Gasteiger partial charge >= 0.3 is 5.97 Å². The molecule has 4 rings (SSSR count). The number of hydrogen-bond acceptors (Lipinski definition) is 9. The molecule has 2 aromatic carbocycles. The Morgan fingerprint density at radius 1 is 1.26 bits per heavy atom. The first-order valence-electron chi connectivity index (χ1n) is 10.6. The van der Waals surface area contributed by atoms with E-state index in [9.17, 15) is 24.8 Å². The Bertz CT molecular complexity index is 1550. The third-order valence-electron chi connectivity index (χ3n) is 5.46. The van der Waals surface area contributed by atoms with E-state index in [-0.39, 0.29) is 22.3 Å². The number of rotatable bonds is 6. The standard InChI is InChI=1S/C24H21N3O7S/c1-4-34-23(30)19-13(2)25-24-26(20(19)15-9-5-6-11-17(15)33-3)22(29)18(35-24)12-14-8-7-10-16(21(14)28)27(31)32/h5-12,20,28H,4H2,1-3H3/p-1/b18-12+/t20-/m1/s1. The molecule has 1 aliphatic rings. The van der Waals surface area contributed by atoms with Crippen LogP contribution in [0.5, 0.6) is 11.5 Å². The number of methoxy groups -OCH3 is 1. The number of esters is 1. The number of para-hydroxylation sites is 2. The second-order valence-corrected chi connectivity index (χ2v) is 8.51. The summed E-state index contributed by atoms with van der Waals surface area (Å²) in [7, 11) is 1.49. The van der Waals surface area contributed by atoms with Crippen LogP contribution < -0.4 is 24.7 Å². The van der Waals surface area contributed by atoms with Gasteiger partial charge in [0.05, 0.1) is 34.4 Å². The van der Waals surface area contributed by atoms with Crippen LogP contribution >= 0.6 is 11.3 Å². The number of thiazole rings is 1. The second-order valence-electron chi connectivity index (χ2n) is 7.50. The molecule has 180 valence electrons. The highest BCUT2D eigenvalue weighted by molar-refractivity contribution is 7.07. The largest absolute Gasteiger partial charge is 0.867 e. The smallest absolute Gasteiger partial charge is 0.338 e. The first-order chi connectivity index (χ1) is 16.8. The minimum absolute atomic E-state index is 0.000337. The molecule has 0 spiro atoms. The van der Waals surface area contributed by atoms with Gasteiger partial charge in [0.2, 0.25) is 0 Å². The monoisotopic (exact) mass is 494 g/mol. The van der Waals surface area contributed by atoms with Crippen molar-refractivity contribution >= 4 is 29.1 Å². The van der Waals surface area contributed by atoms with Crippen LogP contribution in [0.4, 0.5) is 5.69 Å². The van der Waals surface area contributed by atoms with Crippen molar-refractivity contribution in [2.45, 2.75) is 19.9 Å². The van der Waals surface area contributed by atoms with E-state index in [0.717, 1.165) is 17.4 Å². The molecule has 0 fully saturated rings. The number of carbonyl (C=O) groups excluding carboxylic acids is 1. The molecule has 1 aliphatic heterocycles. The number of fused-ring (bicyclic) bond motifs is 1. The van der Waals surface area contributed by atoms with Gasteiger partial charge in [0.1, 0.15) is 11.8 Å². The number of nitro groups is 1. The molecule has 11 heteroatoms. The van der Waals surface area contributed by atoms with Crippen LogP contribution in [0, 0.1) is 10.1 Å². The molecule has 0 saturated heterocycles. The Morgan fingerprint density at radius 3 is 2.69 bits per heavy atom. The highest BCUT2D eigenvalue weighted by Gasteiger charge is 2.34. The van der Waals surface area contributed by atoms with Crippen LogP contribution in [-0.4, -0.2) is 29.2 Å². The number of aromatic nitrogens is 1. The van der Waals surface area contributed by atoms with Crippen molar-refractivity contribution in [3.63, 3.8) is 0 Å². The predicted octanol–water partition coefficient (Wildman–Crippen LogP) is 1.79. The summed E-state index contributed by atoms with van der Waals surface area (Å²) in [6.07, 6.45) is 1.31. The third kappa shape index (κ3) is 4.21. The zero-order valence-corrected chi connectivity index (χ0v) is 19.8. The molecule has 0 bridgehead atoms. The van der Waals surface area contributed by atoms with E-state index in [2.05, 4.69) is 4.99 Å². The fourth-order valence-corrected chi connectivity index (χ4v) is 4.96. The summed E-state index contributed by atoms with van der Waals surface area (Å²) < 4.78 is 12.3. The third-order valence-corrected chi connectivity index (χ3v) is 6.44. The first-order valence-corrected chi connectivity index (χ1v) is 11.4. The highest BCUT2D eigenvalue weighted by Crippen LogP contribution is 2.35. The van der Waals surface area contributed by atoms with E-state index in [4.69, 9.17) is 9.47 Å². The van der Waals surface area contributed by atoms with Gasteiger partial charge in [-0.2, -0.15) is 0 Å². The van der Waals surface area contributed by atoms with E-state index >= 15 is 0 Å². The molecule has 0 saturated carbocycles. The molecular formula is C24H20N3O7S-. The van der Waals surface area contributed by atoms with Gasteiger partial charge in [-0.15, -0.1) is 0 Å². The molecule has 2 heterocycles. The van der Waals surface area contributed by atoms with Gasteiger partial charge in [0, 0.05) is 11.6 Å². The number of nitro benzene ring substituents is 1. The lowest BCUT2D eigenvalue weighted by Gasteiger charge is -2.25. The topological polar surface area (TPSA) is 136 Å². The Balaban J connectivity index is 2.00. The minimum Gasteiger partial charge on any atom is -0.867 e. The maximum absolute atomic E-state index is 13.6. The number of allylic oxidation sites excluding steroid dienone is 1. The molecule has 10 nitrogen and oxygen atoms in total. The van der Waals surface area contributed by atoms with Crippen LogP contribution in [0.3, 0.4) is 0 Å². The Morgan fingerprint density at radius 2 is 2.00 bits per heavy atom. The zero-order valence-electron chi connectivity index (χ0n) is 19.0. The predicted molar refractivity (Wildman–Crippen MR) is 126 cm³/mol. The van der Waals surface area contributed by atoms with E-state index in [0.29, 0.717) is 21.8 Å².